The molecular weight excluding hydrogens is 553 g/mol. The smallest absolute Gasteiger partial charge is 0.394 e. The summed E-state index contributed by atoms with van der Waals surface area (Å²) < 4.78 is 33.4. The van der Waals surface area contributed by atoms with Crippen LogP contribution in [0.3, 0.4) is 0 Å². The number of aliphatic hydroxyl groups is 3. The van der Waals surface area contributed by atoms with E-state index in [1.807, 2.05) is 0 Å². The third-order valence-corrected chi connectivity index (χ3v) is 3.30. The minimum Gasteiger partial charge on any atom is -0.394 e. The van der Waals surface area contributed by atoms with E-state index in [9.17, 15) is 10.2 Å². The van der Waals surface area contributed by atoms with Crippen molar-refractivity contribution in [3.8, 4) is 0 Å². The van der Waals surface area contributed by atoms with Crippen molar-refractivity contribution >= 4 is 46.4 Å². The first-order chi connectivity index (χ1) is 15.5. The second-order valence-corrected chi connectivity index (χ2v) is 9.12. The number of nitrogens with zero attached hydrogens (tertiary/aromatic N) is 4. The van der Waals surface area contributed by atoms with Crippen LogP contribution in [0.4, 0.5) is 11.8 Å². The van der Waals surface area contributed by atoms with E-state index in [2.05, 4.69) is 15.0 Å². The number of fused-ring (bicyclic) bond motifs is 1. The molecule has 1 aliphatic heterocycles. The maximum absolute atomic E-state index is 10.0. The number of phosphoric acid groups is 3. The molecule has 4 atom stereocenters. The molecule has 0 aromatic carbocycles. The van der Waals surface area contributed by atoms with Crippen molar-refractivity contribution < 1.29 is 77.8 Å². The van der Waals surface area contributed by atoms with Gasteiger partial charge in [0, 0.05) is 0 Å². The lowest BCUT2D eigenvalue weighted by atomic mass is 10.1. The van der Waals surface area contributed by atoms with Gasteiger partial charge in [-0.15, -0.1) is 0 Å². The molecule has 3 rings (SSSR count). The molecule has 0 unspecified atom stereocenters. The molecule has 0 spiro atoms. The summed E-state index contributed by atoms with van der Waals surface area (Å²) in [6.07, 6.45) is -3.20. The summed E-state index contributed by atoms with van der Waals surface area (Å²) in [5.74, 6) is 0.161. The molecule has 16 N–H and O–H groups in total. The largest absolute Gasteiger partial charge is 0.466 e. The quantitative estimate of drug-likeness (QED) is 0.148. The number of rotatable bonds is 2. The number of nitrogens with two attached hydrogens (primary N) is 2. The minimum atomic E-state index is -4.64. The van der Waals surface area contributed by atoms with E-state index in [-0.39, 0.29) is 22.9 Å². The summed E-state index contributed by atoms with van der Waals surface area (Å²) >= 11 is 0. The second kappa shape index (κ2) is 13.0. The van der Waals surface area contributed by atoms with Gasteiger partial charge in [-0.1, -0.05) is 0 Å². The Kier molecular flexibility index (Phi) is 12.4. The second-order valence-electron chi connectivity index (χ2n) is 6.04. The van der Waals surface area contributed by atoms with Crippen LogP contribution in [0.25, 0.3) is 11.2 Å². The Bertz CT molecular complexity index is 1020. The van der Waals surface area contributed by atoms with Gasteiger partial charge >= 0.3 is 23.5 Å². The molecule has 3 heterocycles. The normalized spacial score (nSPS) is 22.3. The highest BCUT2D eigenvalue weighted by molar-refractivity contribution is 7.45. The topological polar surface area (TPSA) is 399 Å². The zero-order valence-electron chi connectivity index (χ0n) is 16.9. The molecule has 1 saturated heterocycles. The number of hydrogen-bond donors (Lipinski definition) is 14. The average Bonchev–Trinajstić information content (AvgIpc) is 3.08. The fraction of sp³-hybridized carbons (Fsp3) is 0.500. The minimum absolute atomic E-state index is 0.0158. The lowest BCUT2D eigenvalue weighted by Crippen LogP contribution is -2.33. The van der Waals surface area contributed by atoms with Crippen molar-refractivity contribution in [2.75, 3.05) is 18.1 Å². The van der Waals surface area contributed by atoms with Crippen LogP contribution in [0.2, 0.25) is 0 Å². The maximum atomic E-state index is 10.0. The van der Waals surface area contributed by atoms with E-state index in [1.54, 1.807) is 0 Å². The van der Waals surface area contributed by atoms with Crippen LogP contribution in [0.5, 0.6) is 0 Å². The zero-order valence-corrected chi connectivity index (χ0v) is 19.6. The van der Waals surface area contributed by atoms with Crippen molar-refractivity contribution in [3.05, 3.63) is 6.33 Å². The van der Waals surface area contributed by atoms with Crippen molar-refractivity contribution in [2.24, 2.45) is 0 Å². The van der Waals surface area contributed by atoms with Gasteiger partial charge in [0.15, 0.2) is 23.2 Å². The van der Waals surface area contributed by atoms with Gasteiger partial charge in [0.05, 0.1) is 6.61 Å². The van der Waals surface area contributed by atoms with E-state index >= 15 is 0 Å². The molecule has 1 fully saturated rings. The van der Waals surface area contributed by atoms with Crippen molar-refractivity contribution in [3.63, 3.8) is 0 Å². The number of nitrogen functional groups attached to an aromatic ring is 2. The lowest BCUT2D eigenvalue weighted by molar-refractivity contribution is -0.0500. The zero-order chi connectivity index (χ0) is 27.9. The van der Waals surface area contributed by atoms with Gasteiger partial charge in [-0.25, -0.2) is 28.6 Å². The number of aromatic nitrogens is 4. The molecule has 0 radical (unpaired) electrons. The first kappa shape index (κ1) is 33.3. The number of anilines is 2. The van der Waals surface area contributed by atoms with Crippen LogP contribution < -0.4 is 11.5 Å². The summed E-state index contributed by atoms with van der Waals surface area (Å²) in [6.45, 7) is -0.432. The van der Waals surface area contributed by atoms with E-state index in [4.69, 9.17) is 79.0 Å². The molecule has 0 bridgehead atoms. The highest BCUT2D eigenvalue weighted by Crippen LogP contribution is 2.34. The maximum Gasteiger partial charge on any atom is 0.466 e. The molecule has 0 aliphatic carbocycles. The predicted octanol–water partition coefficient (Wildman–Crippen LogP) is -5.18. The van der Waals surface area contributed by atoms with Crippen molar-refractivity contribution in [1.29, 1.82) is 0 Å². The molecular formula is C10H23N6O16P3. The van der Waals surface area contributed by atoms with Crippen LogP contribution in [-0.2, 0) is 18.4 Å². The monoisotopic (exact) mass is 576 g/mol. The third kappa shape index (κ3) is 13.8. The predicted molar refractivity (Wildman–Crippen MR) is 110 cm³/mol. The summed E-state index contributed by atoms with van der Waals surface area (Å²) in [6, 6.07) is 0. The Balaban J connectivity index is 0.000000635. The highest BCUT2D eigenvalue weighted by Gasteiger charge is 2.44. The number of hydrogen-bond acceptors (Lipinski definition) is 12. The summed E-state index contributed by atoms with van der Waals surface area (Å²) in [5, 5.41) is 28.9. The van der Waals surface area contributed by atoms with Crippen LogP contribution in [0.1, 0.15) is 6.23 Å². The summed E-state index contributed by atoms with van der Waals surface area (Å²) in [7, 11) is -13.9. The van der Waals surface area contributed by atoms with Crippen LogP contribution >= 0.6 is 23.5 Å². The van der Waals surface area contributed by atoms with Gasteiger partial charge in [0.1, 0.15) is 24.6 Å². The molecule has 2 aromatic heterocycles. The summed E-state index contributed by atoms with van der Waals surface area (Å²) in [4.78, 5) is 76.5. The van der Waals surface area contributed by atoms with Crippen molar-refractivity contribution in [1.82, 2.24) is 19.5 Å². The lowest BCUT2D eigenvalue weighted by Gasteiger charge is -2.17. The Labute approximate surface area is 193 Å². The van der Waals surface area contributed by atoms with E-state index in [0.29, 0.717) is 0 Å². The first-order valence-corrected chi connectivity index (χ1v) is 12.9. The molecule has 2 aromatic rings. The van der Waals surface area contributed by atoms with Gasteiger partial charge in [0.2, 0.25) is 5.95 Å². The number of imidazole rings is 1. The molecule has 0 saturated carbocycles. The Morgan fingerprint density at radius 3 is 1.66 bits per heavy atom. The molecule has 35 heavy (non-hydrogen) atoms. The molecule has 0 amide bonds. The van der Waals surface area contributed by atoms with Crippen LogP contribution in [-0.4, -0.2) is 104 Å². The third-order valence-electron chi connectivity index (χ3n) is 3.30. The Hall–Kier alpha value is -1.68. The van der Waals surface area contributed by atoms with Gasteiger partial charge in [-0.05, 0) is 0 Å². The van der Waals surface area contributed by atoms with Gasteiger partial charge < -0.3 is 75.6 Å². The van der Waals surface area contributed by atoms with E-state index in [0.717, 1.165) is 0 Å². The summed E-state index contributed by atoms with van der Waals surface area (Å²) in [5.41, 5.74) is 12.0. The highest BCUT2D eigenvalue weighted by atomic mass is 31.2. The molecule has 1 aliphatic rings. The fourth-order valence-electron chi connectivity index (χ4n) is 2.29. The number of aliphatic hydroxyl groups excluding tert-OH is 3. The van der Waals surface area contributed by atoms with Crippen molar-refractivity contribution in [2.45, 2.75) is 24.5 Å². The Morgan fingerprint density at radius 2 is 1.29 bits per heavy atom. The SMILES string of the molecule is Nc1ncnc2c1nc(N)n2[C@@H]1O[C@H](CO)[C@@H](O)[C@H]1O.O=P(O)(O)O.O=P(O)(O)O.O=P(O)(O)O. The number of ether oxygens (including phenoxy) is 1. The molecule has 204 valence electrons. The van der Waals surface area contributed by atoms with Crippen LogP contribution in [0, 0.1) is 0 Å². The van der Waals surface area contributed by atoms with Gasteiger partial charge in [-0.2, -0.15) is 0 Å². The fourth-order valence-corrected chi connectivity index (χ4v) is 2.29. The Morgan fingerprint density at radius 1 is 0.857 bits per heavy atom. The standard InChI is InChI=1S/C10H14N6O4.3H3O4P/c11-7-4-8(14-2-13-7)16(10(12)15-4)9-6(19)5(18)3(1-17)20-9;3*1-5(2,3)4/h2-3,5-6,9,17-19H,1H2,(H2,12,15)(H2,11,13,14);3*(H3,1,2,3,4)/t3-,5-,6-,9-;;;/m1.../s1. The van der Waals surface area contributed by atoms with Crippen LogP contribution in [0.15, 0.2) is 6.33 Å². The molecule has 22 nitrogen and oxygen atoms in total. The van der Waals surface area contributed by atoms with Gasteiger partial charge in [-0.3, -0.25) is 4.57 Å². The average molecular weight is 576 g/mol. The first-order valence-electron chi connectivity index (χ1n) is 8.25. The molecule has 25 heteroatoms. The van der Waals surface area contributed by atoms with E-state index < -0.39 is 54.6 Å². The van der Waals surface area contributed by atoms with E-state index in [1.165, 1.54) is 10.9 Å². The van der Waals surface area contributed by atoms with Gasteiger partial charge in [0.25, 0.3) is 0 Å².